The van der Waals surface area contributed by atoms with Gasteiger partial charge in [-0.15, -0.1) is 0 Å². The van der Waals surface area contributed by atoms with Crippen LogP contribution in [0, 0.1) is 11.8 Å². The summed E-state index contributed by atoms with van der Waals surface area (Å²) in [7, 11) is 0. The van der Waals surface area contributed by atoms with E-state index in [1.165, 1.54) is 6.92 Å². The van der Waals surface area contributed by atoms with Crippen LogP contribution in [0.5, 0.6) is 0 Å². The van der Waals surface area contributed by atoms with E-state index >= 15 is 0 Å². The third-order valence-corrected chi connectivity index (χ3v) is 4.96. The van der Waals surface area contributed by atoms with Crippen LogP contribution in [-0.2, 0) is 24.0 Å². The number of hydrogen-bond donors (Lipinski definition) is 7. The maximum atomic E-state index is 12.7. The molecule has 12 heteroatoms. The number of rotatable bonds is 14. The van der Waals surface area contributed by atoms with E-state index in [1.54, 1.807) is 20.8 Å². The standard InChI is InChI=1S/C20H36N4O8/c1-6-10(4)15(21)18(29)22-12(8-14(26)27)17(28)24-16(11(5)25)19(30)23-13(20(31)32)7-9(2)3/h9-13,15-16,25H,6-8,21H2,1-5H3,(H,22,29)(H,23,30)(H,24,28)(H,26,27)(H,31,32). The zero-order chi connectivity index (χ0) is 25.2. The molecule has 3 amide bonds. The molecular weight excluding hydrogens is 424 g/mol. The highest BCUT2D eigenvalue weighted by molar-refractivity contribution is 5.95. The molecule has 184 valence electrons. The van der Waals surface area contributed by atoms with Gasteiger partial charge in [-0.3, -0.25) is 19.2 Å². The van der Waals surface area contributed by atoms with Crippen molar-refractivity contribution >= 4 is 29.7 Å². The monoisotopic (exact) mass is 460 g/mol. The van der Waals surface area contributed by atoms with Gasteiger partial charge in [0.05, 0.1) is 18.6 Å². The molecule has 12 nitrogen and oxygen atoms in total. The summed E-state index contributed by atoms with van der Waals surface area (Å²) in [4.78, 5) is 60.1. The van der Waals surface area contributed by atoms with E-state index in [9.17, 15) is 34.2 Å². The lowest BCUT2D eigenvalue weighted by Crippen LogP contribution is -2.60. The number of nitrogens with two attached hydrogens (primary N) is 1. The average molecular weight is 461 g/mol. The van der Waals surface area contributed by atoms with Gasteiger partial charge in [0.1, 0.15) is 18.1 Å². The molecule has 0 aliphatic carbocycles. The lowest BCUT2D eigenvalue weighted by molar-refractivity contribution is -0.144. The number of carbonyl (C=O) groups is 5. The van der Waals surface area contributed by atoms with E-state index in [-0.39, 0.29) is 18.3 Å². The molecule has 0 radical (unpaired) electrons. The predicted molar refractivity (Wildman–Crippen MR) is 114 cm³/mol. The van der Waals surface area contributed by atoms with E-state index in [0.29, 0.717) is 6.42 Å². The minimum atomic E-state index is -1.58. The first kappa shape index (κ1) is 29.3. The summed E-state index contributed by atoms with van der Waals surface area (Å²) in [5.41, 5.74) is 5.82. The summed E-state index contributed by atoms with van der Waals surface area (Å²) < 4.78 is 0. The van der Waals surface area contributed by atoms with E-state index in [4.69, 9.17) is 10.8 Å². The molecule has 0 aliphatic rings. The van der Waals surface area contributed by atoms with Gasteiger partial charge in [-0.1, -0.05) is 34.1 Å². The second-order valence-electron chi connectivity index (χ2n) is 8.33. The Hall–Kier alpha value is -2.73. The van der Waals surface area contributed by atoms with Crippen LogP contribution in [0.2, 0.25) is 0 Å². The van der Waals surface area contributed by atoms with Crippen molar-refractivity contribution < 1.29 is 39.3 Å². The molecule has 0 aromatic rings. The van der Waals surface area contributed by atoms with Crippen LogP contribution in [0.25, 0.3) is 0 Å². The lowest BCUT2D eigenvalue weighted by Gasteiger charge is -2.27. The third-order valence-electron chi connectivity index (χ3n) is 4.96. The molecule has 0 rings (SSSR count). The van der Waals surface area contributed by atoms with E-state index in [1.807, 2.05) is 6.92 Å². The number of amides is 3. The number of aliphatic hydroxyl groups excluding tert-OH is 1. The van der Waals surface area contributed by atoms with Crippen molar-refractivity contribution in [3.05, 3.63) is 0 Å². The molecule has 32 heavy (non-hydrogen) atoms. The highest BCUT2D eigenvalue weighted by Crippen LogP contribution is 2.08. The summed E-state index contributed by atoms with van der Waals surface area (Å²) in [6, 6.07) is -5.36. The first-order valence-corrected chi connectivity index (χ1v) is 10.5. The Labute approximate surface area is 187 Å². The SMILES string of the molecule is CCC(C)C(N)C(=O)NC(CC(=O)O)C(=O)NC(C(=O)NC(CC(C)C)C(=O)O)C(C)O. The molecule has 6 atom stereocenters. The summed E-state index contributed by atoms with van der Waals surface area (Å²) in [5.74, 6) is -5.68. The maximum Gasteiger partial charge on any atom is 0.326 e. The van der Waals surface area contributed by atoms with Gasteiger partial charge in [0.2, 0.25) is 17.7 Å². The Morgan fingerprint density at radius 3 is 1.78 bits per heavy atom. The Morgan fingerprint density at radius 1 is 0.844 bits per heavy atom. The van der Waals surface area contributed by atoms with Crippen LogP contribution in [0.3, 0.4) is 0 Å². The molecular formula is C20H36N4O8. The largest absolute Gasteiger partial charge is 0.481 e. The predicted octanol–water partition coefficient (Wildman–Crippen LogP) is -1.20. The number of aliphatic carboxylic acids is 2. The van der Waals surface area contributed by atoms with Crippen molar-refractivity contribution in [3.8, 4) is 0 Å². The van der Waals surface area contributed by atoms with E-state index < -0.39 is 66.4 Å². The van der Waals surface area contributed by atoms with Gasteiger partial charge in [0.25, 0.3) is 0 Å². The molecule has 0 aromatic heterocycles. The average Bonchev–Trinajstić information content (AvgIpc) is 2.68. The molecule has 0 spiro atoms. The Bertz CT molecular complexity index is 683. The molecule has 0 saturated heterocycles. The first-order chi connectivity index (χ1) is 14.7. The normalized spacial score (nSPS) is 16.8. The molecule has 0 aromatic carbocycles. The number of hydrogen-bond acceptors (Lipinski definition) is 7. The summed E-state index contributed by atoms with van der Waals surface area (Å²) in [6.45, 7) is 8.26. The Morgan fingerprint density at radius 2 is 1.38 bits per heavy atom. The fourth-order valence-corrected chi connectivity index (χ4v) is 2.78. The minimum absolute atomic E-state index is 0.0547. The summed E-state index contributed by atoms with van der Waals surface area (Å²) in [6.07, 6.45) is -1.52. The second-order valence-corrected chi connectivity index (χ2v) is 8.33. The maximum absolute atomic E-state index is 12.7. The van der Waals surface area contributed by atoms with E-state index in [0.717, 1.165) is 0 Å². The molecule has 0 saturated carbocycles. The highest BCUT2D eigenvalue weighted by atomic mass is 16.4. The fraction of sp³-hybridized carbons (Fsp3) is 0.750. The number of aliphatic hydroxyl groups is 1. The fourth-order valence-electron chi connectivity index (χ4n) is 2.78. The van der Waals surface area contributed by atoms with Crippen molar-refractivity contribution in [2.75, 3.05) is 0 Å². The van der Waals surface area contributed by atoms with Crippen molar-refractivity contribution in [2.45, 2.75) is 84.2 Å². The number of nitrogens with one attached hydrogen (secondary N) is 3. The van der Waals surface area contributed by atoms with Gasteiger partial charge >= 0.3 is 11.9 Å². The van der Waals surface area contributed by atoms with Crippen LogP contribution in [0.1, 0.15) is 53.9 Å². The van der Waals surface area contributed by atoms with Crippen LogP contribution >= 0.6 is 0 Å². The molecule has 0 aliphatic heterocycles. The van der Waals surface area contributed by atoms with Gasteiger partial charge in [-0.05, 0) is 25.2 Å². The van der Waals surface area contributed by atoms with Crippen molar-refractivity contribution in [3.63, 3.8) is 0 Å². The third kappa shape index (κ3) is 10.1. The summed E-state index contributed by atoms with van der Waals surface area (Å²) >= 11 is 0. The minimum Gasteiger partial charge on any atom is -0.481 e. The molecule has 0 fully saturated rings. The number of carboxylic acid groups (broad SMARTS) is 2. The van der Waals surface area contributed by atoms with Gasteiger partial charge in [0, 0.05) is 0 Å². The van der Waals surface area contributed by atoms with Crippen molar-refractivity contribution in [1.29, 1.82) is 0 Å². The van der Waals surface area contributed by atoms with Gasteiger partial charge in [-0.2, -0.15) is 0 Å². The van der Waals surface area contributed by atoms with Gasteiger partial charge in [-0.25, -0.2) is 4.79 Å². The van der Waals surface area contributed by atoms with Crippen molar-refractivity contribution in [1.82, 2.24) is 16.0 Å². The first-order valence-electron chi connectivity index (χ1n) is 10.5. The van der Waals surface area contributed by atoms with Crippen LogP contribution < -0.4 is 21.7 Å². The molecule has 0 bridgehead atoms. The smallest absolute Gasteiger partial charge is 0.326 e. The number of carboxylic acids is 2. The Balaban J connectivity index is 5.48. The number of carbonyl (C=O) groups excluding carboxylic acids is 3. The summed E-state index contributed by atoms with van der Waals surface area (Å²) in [5, 5.41) is 35.1. The topological polar surface area (TPSA) is 208 Å². The van der Waals surface area contributed by atoms with Crippen LogP contribution in [0.4, 0.5) is 0 Å². The Kier molecular flexibility index (Phi) is 12.5. The molecule has 8 N–H and O–H groups in total. The van der Waals surface area contributed by atoms with Crippen LogP contribution in [-0.4, -0.2) is 75.3 Å². The molecule has 6 unspecified atom stereocenters. The zero-order valence-corrected chi connectivity index (χ0v) is 19.1. The highest BCUT2D eigenvalue weighted by Gasteiger charge is 2.34. The van der Waals surface area contributed by atoms with Crippen molar-refractivity contribution in [2.24, 2.45) is 17.6 Å². The molecule has 0 heterocycles. The van der Waals surface area contributed by atoms with Gasteiger partial charge < -0.3 is 37.0 Å². The quantitative estimate of drug-likeness (QED) is 0.166. The van der Waals surface area contributed by atoms with E-state index in [2.05, 4.69) is 16.0 Å². The van der Waals surface area contributed by atoms with Crippen LogP contribution in [0.15, 0.2) is 0 Å². The van der Waals surface area contributed by atoms with Gasteiger partial charge in [0.15, 0.2) is 0 Å². The second kappa shape index (κ2) is 13.6. The zero-order valence-electron chi connectivity index (χ0n) is 19.1. The lowest BCUT2D eigenvalue weighted by atomic mass is 9.99.